The van der Waals surface area contributed by atoms with E-state index in [4.69, 9.17) is 0 Å². The van der Waals surface area contributed by atoms with Crippen molar-refractivity contribution < 1.29 is 14.0 Å². The summed E-state index contributed by atoms with van der Waals surface area (Å²) in [5.74, 6) is -0.0839. The fourth-order valence-corrected chi connectivity index (χ4v) is 3.59. The van der Waals surface area contributed by atoms with E-state index in [0.29, 0.717) is 22.9 Å². The maximum Gasteiger partial charge on any atom is 0.250 e. The highest BCUT2D eigenvalue weighted by Crippen LogP contribution is 2.23. The number of benzene rings is 2. The van der Waals surface area contributed by atoms with Crippen LogP contribution in [0.15, 0.2) is 54.6 Å². The van der Waals surface area contributed by atoms with Crippen molar-refractivity contribution >= 4 is 40.2 Å². The minimum Gasteiger partial charge on any atom is -0.312 e. The normalized spacial score (nSPS) is 14.0. The van der Waals surface area contributed by atoms with E-state index < -0.39 is 0 Å². The van der Waals surface area contributed by atoms with Gasteiger partial charge in [0.1, 0.15) is 5.82 Å². The SMILES string of the molecule is O=C(/C=C/c1ccc(N2CCCC2=O)cc1)Nc1nc(-c2ccc(F)cc2)ns1. The van der Waals surface area contributed by atoms with Crippen LogP contribution in [0.25, 0.3) is 17.5 Å². The lowest BCUT2D eigenvalue weighted by Crippen LogP contribution is -2.23. The van der Waals surface area contributed by atoms with Crippen LogP contribution in [-0.4, -0.2) is 27.7 Å². The predicted molar refractivity (Wildman–Crippen MR) is 111 cm³/mol. The summed E-state index contributed by atoms with van der Waals surface area (Å²) < 4.78 is 17.2. The largest absolute Gasteiger partial charge is 0.312 e. The average molecular weight is 408 g/mol. The Morgan fingerprint density at radius 1 is 1.14 bits per heavy atom. The van der Waals surface area contributed by atoms with Gasteiger partial charge in [-0.25, -0.2) is 4.39 Å². The Balaban J connectivity index is 1.36. The Labute approximate surface area is 170 Å². The van der Waals surface area contributed by atoms with Crippen molar-refractivity contribution in [1.29, 1.82) is 0 Å². The number of carbonyl (C=O) groups is 2. The number of aromatic nitrogens is 2. The van der Waals surface area contributed by atoms with E-state index >= 15 is 0 Å². The summed E-state index contributed by atoms with van der Waals surface area (Å²) in [6.45, 7) is 0.748. The molecule has 0 atom stereocenters. The summed E-state index contributed by atoms with van der Waals surface area (Å²) in [4.78, 5) is 29.9. The minimum atomic E-state index is -0.331. The fraction of sp³-hybridized carbons (Fsp3) is 0.143. The Hall–Kier alpha value is -3.39. The van der Waals surface area contributed by atoms with Gasteiger partial charge in [-0.15, -0.1) is 0 Å². The van der Waals surface area contributed by atoms with Crippen molar-refractivity contribution in [3.63, 3.8) is 0 Å². The van der Waals surface area contributed by atoms with Crippen molar-refractivity contribution in [2.75, 3.05) is 16.8 Å². The third-order valence-electron chi connectivity index (χ3n) is 4.46. The molecule has 1 saturated heterocycles. The molecule has 0 saturated carbocycles. The van der Waals surface area contributed by atoms with Crippen LogP contribution in [0.1, 0.15) is 18.4 Å². The molecule has 0 unspecified atom stereocenters. The zero-order chi connectivity index (χ0) is 20.2. The molecule has 2 heterocycles. The zero-order valence-corrected chi connectivity index (χ0v) is 16.2. The third kappa shape index (κ3) is 4.55. The van der Waals surface area contributed by atoms with Gasteiger partial charge in [-0.3, -0.25) is 14.9 Å². The second kappa shape index (κ2) is 8.32. The van der Waals surface area contributed by atoms with Crippen molar-refractivity contribution in [3.8, 4) is 11.4 Å². The molecule has 8 heteroatoms. The van der Waals surface area contributed by atoms with Gasteiger partial charge in [0.15, 0.2) is 5.82 Å². The smallest absolute Gasteiger partial charge is 0.250 e. The minimum absolute atomic E-state index is 0.143. The lowest BCUT2D eigenvalue weighted by molar-refractivity contribution is -0.117. The maximum absolute atomic E-state index is 13.0. The van der Waals surface area contributed by atoms with Crippen LogP contribution >= 0.6 is 11.5 Å². The molecule has 0 aliphatic carbocycles. The molecular weight excluding hydrogens is 391 g/mol. The highest BCUT2D eigenvalue weighted by atomic mass is 32.1. The molecule has 0 spiro atoms. The van der Waals surface area contributed by atoms with Crippen molar-refractivity contribution in [2.45, 2.75) is 12.8 Å². The number of nitrogens with one attached hydrogen (secondary N) is 1. The number of nitrogens with zero attached hydrogens (tertiary/aromatic N) is 3. The number of halogens is 1. The van der Waals surface area contributed by atoms with Crippen LogP contribution in [0.5, 0.6) is 0 Å². The molecule has 29 heavy (non-hydrogen) atoms. The summed E-state index contributed by atoms with van der Waals surface area (Å²) >= 11 is 1.06. The standard InChI is InChI=1S/C21H17FN4O2S/c22-16-8-6-15(7-9-16)20-24-21(29-25-20)23-18(27)12-5-14-3-10-17(11-4-14)26-13-1-2-19(26)28/h3-12H,1-2,13H2,(H,23,24,25,27)/b12-5+. The van der Waals surface area contributed by atoms with E-state index in [1.807, 2.05) is 24.3 Å². The van der Waals surface area contributed by atoms with Crippen molar-refractivity contribution in [1.82, 2.24) is 9.36 Å². The molecule has 6 nitrogen and oxygen atoms in total. The molecule has 4 rings (SSSR count). The first kappa shape index (κ1) is 18.9. The van der Waals surface area contributed by atoms with Crippen molar-refractivity contribution in [2.24, 2.45) is 0 Å². The summed E-state index contributed by atoms with van der Waals surface area (Å²) in [5, 5.41) is 3.03. The molecule has 1 N–H and O–H groups in total. The van der Waals surface area contributed by atoms with E-state index in [-0.39, 0.29) is 17.6 Å². The van der Waals surface area contributed by atoms with Crippen LogP contribution in [0, 0.1) is 5.82 Å². The average Bonchev–Trinajstić information content (AvgIpc) is 3.36. The van der Waals surface area contributed by atoms with Crippen LogP contribution in [0.4, 0.5) is 15.2 Å². The summed E-state index contributed by atoms with van der Waals surface area (Å²) in [7, 11) is 0. The summed E-state index contributed by atoms with van der Waals surface area (Å²) in [6.07, 6.45) is 4.58. The Morgan fingerprint density at radius 2 is 1.90 bits per heavy atom. The van der Waals surface area contributed by atoms with Gasteiger partial charge in [-0.1, -0.05) is 12.1 Å². The third-order valence-corrected chi connectivity index (χ3v) is 5.09. The molecule has 3 aromatic rings. The highest BCUT2D eigenvalue weighted by Gasteiger charge is 2.21. The number of hydrogen-bond acceptors (Lipinski definition) is 5. The van der Waals surface area contributed by atoms with Gasteiger partial charge in [0.25, 0.3) is 0 Å². The summed E-state index contributed by atoms with van der Waals surface area (Å²) in [5.41, 5.74) is 2.39. The van der Waals surface area contributed by atoms with Gasteiger partial charge < -0.3 is 4.90 Å². The van der Waals surface area contributed by atoms with E-state index in [9.17, 15) is 14.0 Å². The topological polar surface area (TPSA) is 75.2 Å². The van der Waals surface area contributed by atoms with Gasteiger partial charge in [0.2, 0.25) is 16.9 Å². The van der Waals surface area contributed by atoms with Crippen LogP contribution in [0.2, 0.25) is 0 Å². The number of carbonyl (C=O) groups excluding carboxylic acids is 2. The first-order valence-electron chi connectivity index (χ1n) is 9.08. The molecule has 2 aromatic carbocycles. The first-order valence-corrected chi connectivity index (χ1v) is 9.85. The highest BCUT2D eigenvalue weighted by molar-refractivity contribution is 7.10. The maximum atomic E-state index is 13.0. The molecule has 1 aromatic heterocycles. The fourth-order valence-electron chi connectivity index (χ4n) is 3.00. The molecule has 2 amide bonds. The monoisotopic (exact) mass is 408 g/mol. The van der Waals surface area contributed by atoms with E-state index in [2.05, 4.69) is 14.7 Å². The number of hydrogen-bond donors (Lipinski definition) is 1. The van der Waals surface area contributed by atoms with Gasteiger partial charge in [-0.05, 0) is 54.5 Å². The van der Waals surface area contributed by atoms with Gasteiger partial charge in [0.05, 0.1) is 0 Å². The molecule has 0 radical (unpaired) electrons. The second-order valence-corrected chi connectivity index (χ2v) is 7.24. The molecule has 0 bridgehead atoms. The number of anilines is 2. The summed E-state index contributed by atoms with van der Waals surface area (Å²) in [6, 6.07) is 13.3. The predicted octanol–water partition coefficient (Wildman–Crippen LogP) is 4.12. The van der Waals surface area contributed by atoms with Crippen molar-refractivity contribution in [3.05, 3.63) is 66.0 Å². The van der Waals surface area contributed by atoms with E-state index in [1.165, 1.54) is 18.2 Å². The lowest BCUT2D eigenvalue weighted by Gasteiger charge is -2.15. The Kier molecular flexibility index (Phi) is 5.44. The number of amides is 2. The van der Waals surface area contributed by atoms with E-state index in [0.717, 1.165) is 35.7 Å². The van der Waals surface area contributed by atoms with Gasteiger partial charge in [-0.2, -0.15) is 9.36 Å². The van der Waals surface area contributed by atoms with E-state index in [1.54, 1.807) is 23.1 Å². The Morgan fingerprint density at radius 3 is 2.59 bits per heavy atom. The molecular formula is C21H17FN4O2S. The molecule has 1 fully saturated rings. The number of rotatable bonds is 5. The molecule has 1 aliphatic rings. The van der Waals surface area contributed by atoms with Gasteiger partial charge in [0, 0.05) is 41.8 Å². The second-order valence-electron chi connectivity index (χ2n) is 6.49. The molecule has 146 valence electrons. The van der Waals surface area contributed by atoms with Crippen LogP contribution < -0.4 is 10.2 Å². The molecule has 1 aliphatic heterocycles. The van der Waals surface area contributed by atoms with Crippen LogP contribution in [0.3, 0.4) is 0 Å². The first-order chi connectivity index (χ1) is 14.1. The Bertz CT molecular complexity index is 1060. The lowest BCUT2D eigenvalue weighted by atomic mass is 10.2. The zero-order valence-electron chi connectivity index (χ0n) is 15.3. The van der Waals surface area contributed by atoms with Crippen LogP contribution in [-0.2, 0) is 9.59 Å². The quantitative estimate of drug-likeness (QED) is 0.645. The van der Waals surface area contributed by atoms with Gasteiger partial charge >= 0.3 is 0 Å².